The average molecular weight is 401 g/mol. The second kappa shape index (κ2) is 8.41. The molecule has 0 spiro atoms. The van der Waals surface area contributed by atoms with Gasteiger partial charge in [0.05, 0.1) is 4.90 Å². The lowest BCUT2D eigenvalue weighted by atomic mass is 10.3. The minimum absolute atomic E-state index is 0.0529. The molecule has 0 atom stereocenters. The monoisotopic (exact) mass is 400 g/mol. The second-order valence-electron chi connectivity index (χ2n) is 4.92. The van der Waals surface area contributed by atoms with E-state index in [-0.39, 0.29) is 17.2 Å². The minimum atomic E-state index is -3.87. The van der Waals surface area contributed by atoms with E-state index in [1.807, 2.05) is 11.6 Å². The molecule has 1 aromatic carbocycles. The fraction of sp³-hybridized carbons (Fsp3) is 0.286. The highest BCUT2D eigenvalue weighted by Crippen LogP contribution is 2.22. The van der Waals surface area contributed by atoms with Crippen molar-refractivity contribution < 1.29 is 18.0 Å². The number of aromatic nitrogens is 2. The van der Waals surface area contributed by atoms with E-state index < -0.39 is 15.9 Å². The van der Waals surface area contributed by atoms with Gasteiger partial charge in [0.15, 0.2) is 4.34 Å². The van der Waals surface area contributed by atoms with E-state index in [9.17, 15) is 18.0 Å². The van der Waals surface area contributed by atoms with Crippen LogP contribution in [0.3, 0.4) is 0 Å². The second-order valence-corrected chi connectivity index (χ2v) is 9.13. The number of thioether (sulfide) groups is 1. The van der Waals surface area contributed by atoms with Crippen LogP contribution >= 0.6 is 23.1 Å². The summed E-state index contributed by atoms with van der Waals surface area (Å²) >= 11 is 2.93. The maximum atomic E-state index is 11.9. The first-order chi connectivity index (χ1) is 11.8. The molecule has 8 nitrogen and oxygen atoms in total. The lowest BCUT2D eigenvalue weighted by molar-refractivity contribution is -0.117. The van der Waals surface area contributed by atoms with E-state index >= 15 is 0 Å². The molecule has 0 aliphatic rings. The number of hydrogen-bond acceptors (Lipinski definition) is 8. The van der Waals surface area contributed by atoms with Crippen LogP contribution in [-0.2, 0) is 19.6 Å². The molecule has 0 saturated carbocycles. The Labute approximate surface area is 153 Å². The van der Waals surface area contributed by atoms with Crippen LogP contribution in [0.5, 0.6) is 0 Å². The van der Waals surface area contributed by atoms with Gasteiger partial charge in [-0.2, -0.15) is 0 Å². The van der Waals surface area contributed by atoms with E-state index in [1.165, 1.54) is 47.4 Å². The Morgan fingerprint density at radius 2 is 1.88 bits per heavy atom. The highest BCUT2D eigenvalue weighted by atomic mass is 32.2. The number of hydrogen-bond donors (Lipinski definition) is 2. The summed E-state index contributed by atoms with van der Waals surface area (Å²) < 4.78 is 26.3. The van der Waals surface area contributed by atoms with Crippen molar-refractivity contribution in [2.45, 2.75) is 29.5 Å². The summed E-state index contributed by atoms with van der Waals surface area (Å²) in [5, 5.41) is 11.4. The third-order valence-corrected chi connectivity index (χ3v) is 6.21. The molecular formula is C14H16N4O4S3. The predicted molar refractivity (Wildman–Crippen MR) is 96.1 cm³/mol. The van der Waals surface area contributed by atoms with Crippen LogP contribution in [0.2, 0.25) is 0 Å². The topological polar surface area (TPSA) is 118 Å². The summed E-state index contributed by atoms with van der Waals surface area (Å²) in [6.07, 6.45) is 0.287. The van der Waals surface area contributed by atoms with Gasteiger partial charge in [-0.3, -0.25) is 9.59 Å². The van der Waals surface area contributed by atoms with Gasteiger partial charge in [0.25, 0.3) is 10.0 Å². The van der Waals surface area contributed by atoms with Crippen LogP contribution < -0.4 is 10.0 Å². The van der Waals surface area contributed by atoms with E-state index in [0.29, 0.717) is 11.4 Å². The Bertz CT molecular complexity index is 862. The molecule has 2 rings (SSSR count). The number of sulfonamides is 1. The Hall–Kier alpha value is -1.98. The van der Waals surface area contributed by atoms with Gasteiger partial charge in [-0.15, -0.1) is 10.2 Å². The molecule has 0 saturated heterocycles. The molecule has 0 radical (unpaired) electrons. The Morgan fingerprint density at radius 1 is 1.20 bits per heavy atom. The molecule has 0 aliphatic carbocycles. The van der Waals surface area contributed by atoms with Crippen LogP contribution in [0.25, 0.3) is 0 Å². The smallest absolute Gasteiger partial charge is 0.264 e. The number of nitrogens with zero attached hydrogens (tertiary/aromatic N) is 2. The average Bonchev–Trinajstić information content (AvgIpc) is 2.92. The quantitative estimate of drug-likeness (QED) is 0.680. The number of rotatable bonds is 7. The largest absolute Gasteiger partial charge is 0.326 e. The highest BCUT2D eigenvalue weighted by molar-refractivity contribution is 8.01. The van der Waals surface area contributed by atoms with Gasteiger partial charge in [-0.05, 0) is 31.2 Å². The van der Waals surface area contributed by atoms with Gasteiger partial charge in [-0.1, -0.05) is 23.1 Å². The van der Waals surface area contributed by atoms with Crippen molar-refractivity contribution in [1.82, 2.24) is 14.9 Å². The van der Waals surface area contributed by atoms with E-state index in [4.69, 9.17) is 0 Å². The van der Waals surface area contributed by atoms with Crippen molar-refractivity contribution in [2.24, 2.45) is 0 Å². The molecule has 2 N–H and O–H groups in total. The summed E-state index contributed by atoms with van der Waals surface area (Å²) in [5.41, 5.74) is 0.475. The normalized spacial score (nSPS) is 11.1. The number of anilines is 1. The van der Waals surface area contributed by atoms with E-state index in [2.05, 4.69) is 15.5 Å². The molecule has 0 unspecified atom stereocenters. The van der Waals surface area contributed by atoms with Crippen LogP contribution in [0.15, 0.2) is 33.5 Å². The summed E-state index contributed by atoms with van der Waals surface area (Å²) in [6, 6.07) is 5.57. The van der Waals surface area contributed by atoms with Gasteiger partial charge < -0.3 is 5.32 Å². The molecule has 11 heteroatoms. The SMILES string of the molecule is CC(=O)NS(=O)(=O)c1ccc(NC(=O)CCSc2nnc(C)s2)cc1. The number of aryl methyl sites for hydroxylation is 1. The van der Waals surface area contributed by atoms with Crippen molar-refractivity contribution in [3.8, 4) is 0 Å². The minimum Gasteiger partial charge on any atom is -0.326 e. The van der Waals surface area contributed by atoms with Crippen molar-refractivity contribution in [3.63, 3.8) is 0 Å². The number of amides is 2. The zero-order chi connectivity index (χ0) is 18.4. The zero-order valence-electron chi connectivity index (χ0n) is 13.5. The summed E-state index contributed by atoms with van der Waals surface area (Å²) in [6.45, 7) is 2.98. The van der Waals surface area contributed by atoms with Gasteiger partial charge in [0, 0.05) is 24.8 Å². The summed E-state index contributed by atoms with van der Waals surface area (Å²) in [4.78, 5) is 22.7. The number of carbonyl (C=O) groups excluding carboxylic acids is 2. The maximum absolute atomic E-state index is 11.9. The third kappa shape index (κ3) is 6.11. The molecule has 25 heavy (non-hydrogen) atoms. The zero-order valence-corrected chi connectivity index (χ0v) is 15.9. The lowest BCUT2D eigenvalue weighted by Gasteiger charge is -2.07. The van der Waals surface area contributed by atoms with Crippen LogP contribution in [0.4, 0.5) is 5.69 Å². The van der Waals surface area contributed by atoms with Gasteiger partial charge in [0.2, 0.25) is 11.8 Å². The van der Waals surface area contributed by atoms with Crippen LogP contribution in [-0.4, -0.2) is 36.2 Å². The summed E-state index contributed by atoms with van der Waals surface area (Å²) in [7, 11) is -3.87. The standard InChI is InChI=1S/C14H16N4O4S3/c1-9(19)18-25(21,22)12-5-3-11(4-6-12)15-13(20)7-8-23-14-17-16-10(2)24-14/h3-6H,7-8H2,1-2H3,(H,15,20)(H,18,19). The molecule has 0 fully saturated rings. The molecule has 0 aliphatic heterocycles. The first-order valence-corrected chi connectivity index (χ1v) is 10.4. The van der Waals surface area contributed by atoms with E-state index in [0.717, 1.165) is 16.3 Å². The third-order valence-electron chi connectivity index (χ3n) is 2.79. The van der Waals surface area contributed by atoms with Crippen molar-refractivity contribution in [1.29, 1.82) is 0 Å². The first kappa shape index (κ1) is 19.3. The van der Waals surface area contributed by atoms with Gasteiger partial charge in [-0.25, -0.2) is 13.1 Å². The van der Waals surface area contributed by atoms with Crippen LogP contribution in [0, 0.1) is 6.92 Å². The number of nitrogens with one attached hydrogen (secondary N) is 2. The molecule has 2 amide bonds. The predicted octanol–water partition coefficient (Wildman–Crippen LogP) is 1.79. The van der Waals surface area contributed by atoms with Crippen LogP contribution in [0.1, 0.15) is 18.4 Å². The summed E-state index contributed by atoms with van der Waals surface area (Å²) in [5.74, 6) is -0.290. The van der Waals surface area contributed by atoms with Gasteiger partial charge >= 0.3 is 0 Å². The first-order valence-electron chi connectivity index (χ1n) is 7.12. The number of carbonyl (C=O) groups is 2. The Kier molecular flexibility index (Phi) is 6.51. The van der Waals surface area contributed by atoms with Crippen molar-refractivity contribution >= 4 is 50.6 Å². The molecule has 1 heterocycles. The molecule has 0 bridgehead atoms. The highest BCUT2D eigenvalue weighted by Gasteiger charge is 2.15. The Morgan fingerprint density at radius 3 is 2.44 bits per heavy atom. The number of benzene rings is 1. The molecule has 1 aromatic heterocycles. The lowest BCUT2D eigenvalue weighted by Crippen LogP contribution is -2.28. The van der Waals surface area contributed by atoms with Gasteiger partial charge in [0.1, 0.15) is 5.01 Å². The maximum Gasteiger partial charge on any atom is 0.264 e. The molecular weight excluding hydrogens is 384 g/mol. The molecule has 2 aromatic rings. The fourth-order valence-corrected chi connectivity index (χ4v) is 4.57. The van der Waals surface area contributed by atoms with Crippen molar-refractivity contribution in [2.75, 3.05) is 11.1 Å². The Balaban J connectivity index is 1.85. The molecule has 134 valence electrons. The fourth-order valence-electron chi connectivity index (χ4n) is 1.76. The van der Waals surface area contributed by atoms with Crippen molar-refractivity contribution in [3.05, 3.63) is 29.3 Å². The van der Waals surface area contributed by atoms with E-state index in [1.54, 1.807) is 0 Å².